The molecule has 1 N–H and O–H groups in total. The first-order valence-corrected chi connectivity index (χ1v) is 7.17. The Balaban J connectivity index is 2.43. The summed E-state index contributed by atoms with van der Waals surface area (Å²) >= 11 is 1.01. The van der Waals surface area contributed by atoms with E-state index in [0.29, 0.717) is 0 Å². The predicted molar refractivity (Wildman–Crippen MR) is 79.1 cm³/mol. The van der Waals surface area contributed by atoms with Crippen molar-refractivity contribution in [3.63, 3.8) is 0 Å². The van der Waals surface area contributed by atoms with Crippen LogP contribution in [0.2, 0.25) is 0 Å². The highest BCUT2D eigenvalue weighted by atomic mass is 32.2. The van der Waals surface area contributed by atoms with Crippen LogP contribution in [0.3, 0.4) is 0 Å². The van der Waals surface area contributed by atoms with E-state index in [2.05, 4.69) is 0 Å². The molecule has 0 spiro atoms. The summed E-state index contributed by atoms with van der Waals surface area (Å²) in [5, 5.41) is 19.8. The molecule has 1 aliphatic heterocycles. The smallest absolute Gasteiger partial charge is 0.344 e. The van der Waals surface area contributed by atoms with E-state index < -0.39 is 22.1 Å². The molecule has 0 bridgehead atoms. The molecule has 0 saturated carbocycles. The Kier molecular flexibility index (Phi) is 4.45. The Morgan fingerprint density at radius 2 is 2.14 bits per heavy atom. The number of carbonyl (C=O) groups excluding carboxylic acids is 2. The first-order chi connectivity index (χ1) is 10.3. The third-order valence-corrected chi connectivity index (χ3v) is 4.13. The highest BCUT2D eigenvalue weighted by Crippen LogP contribution is 2.34. The van der Waals surface area contributed by atoms with Crippen LogP contribution in [0.25, 0.3) is 0 Å². The summed E-state index contributed by atoms with van der Waals surface area (Å²) < 4.78 is 0. The number of carbonyl (C=O) groups is 3. The Morgan fingerprint density at radius 3 is 2.68 bits per heavy atom. The Bertz CT molecular complexity index is 674. The van der Waals surface area contributed by atoms with Crippen molar-refractivity contribution in [2.45, 2.75) is 18.6 Å². The zero-order valence-corrected chi connectivity index (χ0v) is 12.3. The summed E-state index contributed by atoms with van der Waals surface area (Å²) in [6.07, 6.45) is 0.0893. The van der Waals surface area contributed by atoms with Gasteiger partial charge in [0.05, 0.1) is 10.6 Å². The summed E-state index contributed by atoms with van der Waals surface area (Å²) in [6.45, 7) is 1.53. The number of carboxylic acid groups (broad SMARTS) is 1. The SMILES string of the molecule is CC(=O)SC1CC(=O)N(c2cccc([N+](=O)[O-])c2C(=O)O)C1. The van der Waals surface area contributed by atoms with Gasteiger partial charge in [0, 0.05) is 31.2 Å². The first kappa shape index (κ1) is 16.0. The van der Waals surface area contributed by atoms with Crippen LogP contribution in [0.5, 0.6) is 0 Å². The van der Waals surface area contributed by atoms with E-state index >= 15 is 0 Å². The lowest BCUT2D eigenvalue weighted by atomic mass is 10.1. The lowest BCUT2D eigenvalue weighted by molar-refractivity contribution is -0.385. The molecule has 116 valence electrons. The van der Waals surface area contributed by atoms with E-state index in [9.17, 15) is 29.6 Å². The molecule has 1 atom stereocenters. The minimum absolute atomic E-state index is 0.0154. The number of hydrogen-bond acceptors (Lipinski definition) is 6. The Hall–Kier alpha value is -2.42. The van der Waals surface area contributed by atoms with Crippen LogP contribution in [0, 0.1) is 10.1 Å². The van der Waals surface area contributed by atoms with Crippen molar-refractivity contribution >= 4 is 40.1 Å². The summed E-state index contributed by atoms with van der Waals surface area (Å²) in [6, 6.07) is 3.77. The van der Waals surface area contributed by atoms with Gasteiger partial charge < -0.3 is 10.0 Å². The van der Waals surface area contributed by atoms with Crippen LogP contribution >= 0.6 is 11.8 Å². The van der Waals surface area contributed by atoms with Crippen LogP contribution in [-0.4, -0.2) is 38.8 Å². The molecule has 1 aromatic rings. The first-order valence-electron chi connectivity index (χ1n) is 6.29. The second-order valence-electron chi connectivity index (χ2n) is 4.67. The number of aromatic carboxylic acids is 1. The van der Waals surface area contributed by atoms with Gasteiger partial charge in [0.15, 0.2) is 10.7 Å². The maximum absolute atomic E-state index is 12.1. The number of amides is 1. The maximum atomic E-state index is 12.1. The fourth-order valence-corrected chi connectivity index (χ4v) is 3.26. The molecule has 1 saturated heterocycles. The molecular weight excluding hydrogens is 312 g/mol. The van der Waals surface area contributed by atoms with Crippen LogP contribution in [0.15, 0.2) is 18.2 Å². The number of anilines is 1. The topological polar surface area (TPSA) is 118 Å². The molecule has 2 rings (SSSR count). The molecule has 0 aliphatic carbocycles. The van der Waals surface area contributed by atoms with Gasteiger partial charge in [-0.15, -0.1) is 0 Å². The van der Waals surface area contributed by atoms with E-state index in [-0.39, 0.29) is 34.9 Å². The number of thioether (sulfide) groups is 1. The number of carboxylic acids is 1. The predicted octanol–water partition coefficient (Wildman–Crippen LogP) is 1.68. The minimum atomic E-state index is -1.47. The van der Waals surface area contributed by atoms with Crippen LogP contribution in [0.4, 0.5) is 11.4 Å². The second-order valence-corrected chi connectivity index (χ2v) is 6.15. The Labute approximate surface area is 129 Å². The molecule has 9 heteroatoms. The molecule has 1 aromatic carbocycles. The fourth-order valence-electron chi connectivity index (χ4n) is 2.35. The quantitative estimate of drug-likeness (QED) is 0.661. The standard InChI is InChI=1S/C13H12N2O6S/c1-7(16)22-8-5-11(17)14(6-8)9-3-2-4-10(15(20)21)12(9)13(18)19/h2-4,8H,5-6H2,1H3,(H,18,19). The normalized spacial score (nSPS) is 17.6. The Morgan fingerprint density at radius 1 is 1.45 bits per heavy atom. The van der Waals surface area contributed by atoms with E-state index in [1.165, 1.54) is 24.0 Å². The number of nitrogens with zero attached hydrogens (tertiary/aromatic N) is 2. The summed E-state index contributed by atoms with van der Waals surface area (Å²) in [7, 11) is 0. The van der Waals surface area contributed by atoms with Gasteiger partial charge in [-0.05, 0) is 6.07 Å². The third kappa shape index (κ3) is 3.08. The van der Waals surface area contributed by atoms with E-state index in [0.717, 1.165) is 17.8 Å². The molecule has 1 fully saturated rings. The van der Waals surface area contributed by atoms with Crippen LogP contribution in [0.1, 0.15) is 23.7 Å². The van der Waals surface area contributed by atoms with Gasteiger partial charge in [0.2, 0.25) is 5.91 Å². The zero-order chi connectivity index (χ0) is 16.4. The van der Waals surface area contributed by atoms with Crippen molar-refractivity contribution in [2.75, 3.05) is 11.4 Å². The monoisotopic (exact) mass is 324 g/mol. The molecule has 22 heavy (non-hydrogen) atoms. The minimum Gasteiger partial charge on any atom is -0.477 e. The van der Waals surface area contributed by atoms with E-state index in [4.69, 9.17) is 0 Å². The van der Waals surface area contributed by atoms with Gasteiger partial charge in [-0.3, -0.25) is 19.7 Å². The third-order valence-electron chi connectivity index (χ3n) is 3.14. The van der Waals surface area contributed by atoms with Crippen molar-refractivity contribution in [1.29, 1.82) is 0 Å². The average molecular weight is 324 g/mol. The second kappa shape index (κ2) is 6.14. The molecular formula is C13H12N2O6S. The lowest BCUT2D eigenvalue weighted by Gasteiger charge is -2.18. The number of benzene rings is 1. The zero-order valence-electron chi connectivity index (χ0n) is 11.5. The molecule has 0 aromatic heterocycles. The van der Waals surface area contributed by atoms with Crippen molar-refractivity contribution in [2.24, 2.45) is 0 Å². The molecule has 1 unspecified atom stereocenters. The van der Waals surface area contributed by atoms with Gasteiger partial charge in [0.1, 0.15) is 0 Å². The molecule has 1 aliphatic rings. The average Bonchev–Trinajstić information content (AvgIpc) is 2.77. The summed E-state index contributed by atoms with van der Waals surface area (Å²) in [5.74, 6) is -1.83. The highest BCUT2D eigenvalue weighted by molar-refractivity contribution is 8.14. The van der Waals surface area contributed by atoms with E-state index in [1.54, 1.807) is 0 Å². The van der Waals surface area contributed by atoms with Crippen molar-refractivity contribution < 1.29 is 24.4 Å². The summed E-state index contributed by atoms with van der Waals surface area (Å²) in [4.78, 5) is 45.9. The van der Waals surface area contributed by atoms with Gasteiger partial charge in [-0.1, -0.05) is 17.8 Å². The van der Waals surface area contributed by atoms with Gasteiger partial charge in [-0.25, -0.2) is 4.79 Å². The number of hydrogen-bond donors (Lipinski definition) is 1. The van der Waals surface area contributed by atoms with Gasteiger partial charge in [0.25, 0.3) is 5.69 Å². The molecule has 0 radical (unpaired) electrons. The van der Waals surface area contributed by atoms with Crippen LogP contribution < -0.4 is 4.90 Å². The molecule has 1 heterocycles. The maximum Gasteiger partial charge on any atom is 0.344 e. The number of rotatable bonds is 4. The lowest BCUT2D eigenvalue weighted by Crippen LogP contribution is -2.27. The molecule has 8 nitrogen and oxygen atoms in total. The van der Waals surface area contributed by atoms with Crippen molar-refractivity contribution in [3.8, 4) is 0 Å². The van der Waals surface area contributed by atoms with Crippen molar-refractivity contribution in [1.82, 2.24) is 0 Å². The number of nitro benzene ring substituents is 1. The van der Waals surface area contributed by atoms with Crippen molar-refractivity contribution in [3.05, 3.63) is 33.9 Å². The van der Waals surface area contributed by atoms with Crippen LogP contribution in [-0.2, 0) is 9.59 Å². The number of nitro groups is 1. The largest absolute Gasteiger partial charge is 0.477 e. The summed E-state index contributed by atoms with van der Waals surface area (Å²) in [5.41, 5.74) is -1.10. The van der Waals surface area contributed by atoms with Gasteiger partial charge >= 0.3 is 5.97 Å². The fraction of sp³-hybridized carbons (Fsp3) is 0.308. The highest BCUT2D eigenvalue weighted by Gasteiger charge is 2.36. The molecule has 1 amide bonds. The van der Waals surface area contributed by atoms with Gasteiger partial charge in [-0.2, -0.15) is 0 Å². The van der Waals surface area contributed by atoms with E-state index in [1.807, 2.05) is 0 Å².